The lowest BCUT2D eigenvalue weighted by Crippen LogP contribution is -2.32. The molecule has 136 valence electrons. The molecule has 1 aliphatic heterocycles. The number of thiophene rings is 1. The maximum Gasteiger partial charge on any atom is 0.277 e. The van der Waals surface area contributed by atoms with E-state index in [4.69, 9.17) is 20.8 Å². The topological polar surface area (TPSA) is 77.2 Å². The number of nitrogens with one attached hydrogen (secondary N) is 1. The van der Waals surface area contributed by atoms with Crippen LogP contribution in [0.4, 0.5) is 0 Å². The number of benzene rings is 1. The van der Waals surface area contributed by atoms with Crippen LogP contribution in [0.2, 0.25) is 5.02 Å². The zero-order valence-corrected chi connectivity index (χ0v) is 16.1. The standard InChI is InChI=1S/C17H16ClN3O3S2/c18-14-11-5-1-2-6-12(11)26-15(14)16-20-21-17(24-16)25-9-13(22)19-8-10-4-3-7-23-10/h1-2,5-6,10H,3-4,7-9H2,(H,19,22)/t10-/m0/s1. The van der Waals surface area contributed by atoms with Crippen molar-refractivity contribution in [3.8, 4) is 10.8 Å². The highest BCUT2D eigenvalue weighted by Gasteiger charge is 2.19. The van der Waals surface area contributed by atoms with E-state index in [1.165, 1.54) is 23.1 Å². The first-order chi connectivity index (χ1) is 12.7. The summed E-state index contributed by atoms with van der Waals surface area (Å²) in [5, 5.41) is 12.9. The second-order valence-electron chi connectivity index (χ2n) is 5.84. The Morgan fingerprint density at radius 2 is 2.27 bits per heavy atom. The number of carbonyl (C=O) groups is 1. The summed E-state index contributed by atoms with van der Waals surface area (Å²) in [6.07, 6.45) is 2.19. The smallest absolute Gasteiger partial charge is 0.277 e. The Kier molecular flexibility index (Phi) is 5.44. The lowest BCUT2D eigenvalue weighted by atomic mass is 10.2. The van der Waals surface area contributed by atoms with Gasteiger partial charge in [0.1, 0.15) is 4.88 Å². The lowest BCUT2D eigenvalue weighted by molar-refractivity contribution is -0.119. The predicted octanol–water partition coefficient (Wildman–Crippen LogP) is 3.99. The first-order valence-corrected chi connectivity index (χ1v) is 10.4. The van der Waals surface area contributed by atoms with Crippen molar-refractivity contribution in [1.29, 1.82) is 0 Å². The number of ether oxygens (including phenoxy) is 1. The molecule has 1 amide bonds. The first kappa shape index (κ1) is 17.8. The van der Waals surface area contributed by atoms with Crippen molar-refractivity contribution < 1.29 is 13.9 Å². The van der Waals surface area contributed by atoms with Gasteiger partial charge in [-0.2, -0.15) is 0 Å². The highest BCUT2D eigenvalue weighted by atomic mass is 35.5. The second-order valence-corrected chi connectivity index (χ2v) is 8.20. The monoisotopic (exact) mass is 409 g/mol. The van der Waals surface area contributed by atoms with Crippen molar-refractivity contribution in [2.24, 2.45) is 0 Å². The van der Waals surface area contributed by atoms with Crippen LogP contribution in [-0.2, 0) is 9.53 Å². The fourth-order valence-electron chi connectivity index (χ4n) is 2.72. The molecule has 1 N–H and O–H groups in total. The van der Waals surface area contributed by atoms with E-state index in [1.807, 2.05) is 24.3 Å². The molecule has 3 aromatic rings. The van der Waals surface area contributed by atoms with E-state index >= 15 is 0 Å². The van der Waals surface area contributed by atoms with Crippen LogP contribution in [0, 0.1) is 0 Å². The summed E-state index contributed by atoms with van der Waals surface area (Å²) in [6.45, 7) is 1.33. The van der Waals surface area contributed by atoms with E-state index in [0.29, 0.717) is 22.7 Å². The maximum atomic E-state index is 11.9. The third-order valence-electron chi connectivity index (χ3n) is 4.01. The van der Waals surface area contributed by atoms with Gasteiger partial charge in [-0.05, 0) is 18.9 Å². The van der Waals surface area contributed by atoms with E-state index in [9.17, 15) is 4.79 Å². The molecule has 1 aromatic carbocycles. The summed E-state index contributed by atoms with van der Waals surface area (Å²) < 4.78 is 12.2. The van der Waals surface area contributed by atoms with Gasteiger partial charge in [-0.3, -0.25) is 4.79 Å². The van der Waals surface area contributed by atoms with Crippen molar-refractivity contribution in [2.75, 3.05) is 18.9 Å². The number of fused-ring (bicyclic) bond motifs is 1. The zero-order valence-electron chi connectivity index (χ0n) is 13.7. The van der Waals surface area contributed by atoms with E-state index in [2.05, 4.69) is 15.5 Å². The van der Waals surface area contributed by atoms with Gasteiger partial charge in [0.2, 0.25) is 5.91 Å². The quantitative estimate of drug-likeness (QED) is 0.620. The van der Waals surface area contributed by atoms with Crippen LogP contribution in [0.1, 0.15) is 12.8 Å². The van der Waals surface area contributed by atoms with Crippen LogP contribution in [0.15, 0.2) is 33.9 Å². The average molecular weight is 410 g/mol. The molecule has 4 rings (SSSR count). The van der Waals surface area contributed by atoms with Crippen LogP contribution >= 0.6 is 34.7 Å². The third-order valence-corrected chi connectivity index (χ3v) is 6.50. The van der Waals surface area contributed by atoms with Gasteiger partial charge in [-0.15, -0.1) is 21.5 Å². The summed E-state index contributed by atoms with van der Waals surface area (Å²) >= 11 is 9.15. The van der Waals surface area contributed by atoms with Crippen molar-refractivity contribution in [3.63, 3.8) is 0 Å². The minimum Gasteiger partial charge on any atom is -0.410 e. The molecule has 0 radical (unpaired) electrons. The number of thioether (sulfide) groups is 1. The molecule has 1 saturated heterocycles. The Balaban J connectivity index is 1.36. The molecule has 0 bridgehead atoms. The van der Waals surface area contributed by atoms with Crippen LogP contribution < -0.4 is 5.32 Å². The molecule has 9 heteroatoms. The molecule has 6 nitrogen and oxygen atoms in total. The van der Waals surface area contributed by atoms with Gasteiger partial charge < -0.3 is 14.5 Å². The van der Waals surface area contributed by atoms with E-state index in [-0.39, 0.29) is 17.8 Å². The molecule has 0 saturated carbocycles. The maximum absolute atomic E-state index is 11.9. The summed E-state index contributed by atoms with van der Waals surface area (Å²) in [4.78, 5) is 12.7. The van der Waals surface area contributed by atoms with Crippen LogP contribution in [0.3, 0.4) is 0 Å². The Hall–Kier alpha value is -1.61. The molecule has 3 heterocycles. The van der Waals surface area contributed by atoms with Gasteiger partial charge in [-0.25, -0.2) is 0 Å². The number of amides is 1. The van der Waals surface area contributed by atoms with Crippen LogP contribution in [0.25, 0.3) is 20.9 Å². The predicted molar refractivity (Wildman–Crippen MR) is 103 cm³/mol. The fraction of sp³-hybridized carbons (Fsp3) is 0.353. The van der Waals surface area contributed by atoms with E-state index < -0.39 is 0 Å². The largest absolute Gasteiger partial charge is 0.410 e. The van der Waals surface area contributed by atoms with Gasteiger partial charge in [0, 0.05) is 23.2 Å². The van der Waals surface area contributed by atoms with Crippen molar-refractivity contribution in [3.05, 3.63) is 29.3 Å². The van der Waals surface area contributed by atoms with Crippen molar-refractivity contribution in [1.82, 2.24) is 15.5 Å². The number of hydrogen-bond acceptors (Lipinski definition) is 7. The first-order valence-electron chi connectivity index (χ1n) is 8.22. The van der Waals surface area contributed by atoms with Gasteiger partial charge in [-0.1, -0.05) is 41.6 Å². The summed E-state index contributed by atoms with van der Waals surface area (Å²) in [5.74, 6) is 0.512. The van der Waals surface area contributed by atoms with Gasteiger partial charge in [0.15, 0.2) is 0 Å². The molecule has 2 aromatic heterocycles. The average Bonchev–Trinajstić information content (AvgIpc) is 3.39. The third kappa shape index (κ3) is 3.88. The molecular formula is C17H16ClN3O3S2. The number of nitrogens with zero attached hydrogens (tertiary/aromatic N) is 2. The molecule has 1 fully saturated rings. The number of rotatable bonds is 6. The van der Waals surface area contributed by atoms with E-state index in [0.717, 1.165) is 34.4 Å². The molecule has 0 spiro atoms. The number of hydrogen-bond donors (Lipinski definition) is 1. The SMILES string of the molecule is O=C(CSc1nnc(-c2sc3ccccc3c2Cl)o1)NC[C@@H]1CCCO1. The number of carbonyl (C=O) groups excluding carboxylic acids is 1. The minimum absolute atomic E-state index is 0.0786. The normalized spacial score (nSPS) is 17.0. The Labute approximate surface area is 163 Å². The molecular weight excluding hydrogens is 394 g/mol. The summed E-state index contributed by atoms with van der Waals surface area (Å²) in [5.41, 5.74) is 0. The fourth-order valence-corrected chi connectivity index (χ4v) is 4.75. The van der Waals surface area contributed by atoms with Gasteiger partial charge >= 0.3 is 0 Å². The molecule has 0 unspecified atom stereocenters. The minimum atomic E-state index is -0.0786. The summed E-state index contributed by atoms with van der Waals surface area (Å²) in [6, 6.07) is 7.86. The molecule has 1 aliphatic rings. The van der Waals surface area contributed by atoms with Crippen molar-refractivity contribution in [2.45, 2.75) is 24.2 Å². The number of aromatic nitrogens is 2. The molecule has 26 heavy (non-hydrogen) atoms. The van der Waals surface area contributed by atoms with Crippen molar-refractivity contribution >= 4 is 50.7 Å². The van der Waals surface area contributed by atoms with E-state index in [1.54, 1.807) is 0 Å². The Bertz CT molecular complexity index is 921. The van der Waals surface area contributed by atoms with Crippen LogP contribution in [0.5, 0.6) is 0 Å². The lowest BCUT2D eigenvalue weighted by Gasteiger charge is -2.09. The molecule has 1 atom stereocenters. The Morgan fingerprint density at radius 3 is 3.08 bits per heavy atom. The van der Waals surface area contributed by atoms with Gasteiger partial charge in [0.05, 0.1) is 16.9 Å². The Morgan fingerprint density at radius 1 is 1.38 bits per heavy atom. The van der Waals surface area contributed by atoms with Gasteiger partial charge in [0.25, 0.3) is 11.1 Å². The summed E-state index contributed by atoms with van der Waals surface area (Å²) in [7, 11) is 0. The molecule has 0 aliphatic carbocycles. The highest BCUT2D eigenvalue weighted by molar-refractivity contribution is 7.99. The van der Waals surface area contributed by atoms with Crippen LogP contribution in [-0.4, -0.2) is 41.1 Å². The second kappa shape index (κ2) is 7.96. The highest BCUT2D eigenvalue weighted by Crippen LogP contribution is 2.41. The number of halogens is 1. The zero-order chi connectivity index (χ0) is 17.9.